The van der Waals surface area contributed by atoms with Crippen molar-refractivity contribution in [2.75, 3.05) is 0 Å². The van der Waals surface area contributed by atoms with E-state index >= 15 is 0 Å². The SMILES string of the molecule is CC(=NC(=O)c1cc2cc(Br)cnc2n(Cc2ccc(C#N)cc2)c1=O)c1ccc(F)cc1. The molecule has 0 bridgehead atoms. The molecule has 0 saturated carbocycles. The van der Waals surface area contributed by atoms with Crippen molar-refractivity contribution in [3.05, 3.63) is 110 Å². The monoisotopic (exact) mass is 502 g/mol. The van der Waals surface area contributed by atoms with Crippen LogP contribution in [-0.2, 0) is 6.54 Å². The zero-order chi connectivity index (χ0) is 23.5. The lowest BCUT2D eigenvalue weighted by atomic mass is 10.1. The summed E-state index contributed by atoms with van der Waals surface area (Å²) in [7, 11) is 0. The van der Waals surface area contributed by atoms with Crippen molar-refractivity contribution >= 4 is 38.6 Å². The molecule has 0 atom stereocenters. The number of rotatable bonds is 4. The van der Waals surface area contributed by atoms with Crippen molar-refractivity contribution in [2.45, 2.75) is 13.5 Å². The second kappa shape index (κ2) is 9.27. The number of hydrogen-bond donors (Lipinski definition) is 0. The number of amides is 1. The maximum Gasteiger partial charge on any atom is 0.282 e. The Morgan fingerprint density at radius 2 is 1.85 bits per heavy atom. The Labute approximate surface area is 196 Å². The van der Waals surface area contributed by atoms with E-state index in [0.29, 0.717) is 32.3 Å². The maximum atomic E-state index is 13.3. The molecule has 8 heteroatoms. The molecule has 0 fully saturated rings. The number of carbonyl (C=O) groups excluding carboxylic acids is 1. The van der Waals surface area contributed by atoms with Crippen LogP contribution < -0.4 is 5.56 Å². The second-order valence-electron chi connectivity index (χ2n) is 7.33. The van der Waals surface area contributed by atoms with Crippen molar-refractivity contribution in [3.8, 4) is 6.07 Å². The van der Waals surface area contributed by atoms with Gasteiger partial charge in [0.1, 0.15) is 17.0 Å². The average Bonchev–Trinajstić information content (AvgIpc) is 2.81. The lowest BCUT2D eigenvalue weighted by Gasteiger charge is -2.12. The summed E-state index contributed by atoms with van der Waals surface area (Å²) in [6, 6.07) is 17.7. The van der Waals surface area contributed by atoms with Gasteiger partial charge in [-0.05, 0) is 70.4 Å². The number of halogens is 2. The molecule has 0 aliphatic carbocycles. The number of pyridine rings is 2. The van der Waals surface area contributed by atoms with Crippen molar-refractivity contribution in [3.63, 3.8) is 0 Å². The van der Waals surface area contributed by atoms with Gasteiger partial charge >= 0.3 is 0 Å². The molecule has 2 heterocycles. The summed E-state index contributed by atoms with van der Waals surface area (Å²) < 4.78 is 15.3. The molecule has 0 radical (unpaired) electrons. The maximum absolute atomic E-state index is 13.3. The highest BCUT2D eigenvalue weighted by Crippen LogP contribution is 2.19. The Hall–Kier alpha value is -3.96. The predicted molar refractivity (Wildman–Crippen MR) is 127 cm³/mol. The van der Waals surface area contributed by atoms with Crippen LogP contribution in [0.4, 0.5) is 4.39 Å². The predicted octanol–water partition coefficient (Wildman–Crippen LogP) is 4.87. The highest BCUT2D eigenvalue weighted by Gasteiger charge is 2.17. The topological polar surface area (TPSA) is 88.1 Å². The van der Waals surface area contributed by atoms with Crippen LogP contribution in [0.25, 0.3) is 11.0 Å². The molecule has 33 heavy (non-hydrogen) atoms. The molecule has 1 amide bonds. The summed E-state index contributed by atoms with van der Waals surface area (Å²) in [5.74, 6) is -1.09. The van der Waals surface area contributed by atoms with E-state index in [1.807, 2.05) is 0 Å². The molecular formula is C25H16BrFN4O2. The fraction of sp³-hybridized carbons (Fsp3) is 0.0800. The van der Waals surface area contributed by atoms with E-state index < -0.39 is 17.3 Å². The van der Waals surface area contributed by atoms with E-state index in [1.54, 1.807) is 43.5 Å². The van der Waals surface area contributed by atoms with Crippen molar-refractivity contribution < 1.29 is 9.18 Å². The number of hydrogen-bond acceptors (Lipinski definition) is 4. The summed E-state index contributed by atoms with van der Waals surface area (Å²) in [6.07, 6.45) is 1.58. The van der Waals surface area contributed by atoms with Gasteiger partial charge in [0.05, 0.1) is 18.2 Å². The first kappa shape index (κ1) is 22.2. The Bertz CT molecular complexity index is 1500. The van der Waals surface area contributed by atoms with Crippen molar-refractivity contribution in [2.24, 2.45) is 4.99 Å². The Morgan fingerprint density at radius 3 is 2.52 bits per heavy atom. The summed E-state index contributed by atoms with van der Waals surface area (Å²) in [6.45, 7) is 1.79. The van der Waals surface area contributed by atoms with Crippen molar-refractivity contribution in [1.82, 2.24) is 9.55 Å². The normalized spacial score (nSPS) is 11.4. The van der Waals surface area contributed by atoms with Gasteiger partial charge in [0.15, 0.2) is 0 Å². The van der Waals surface area contributed by atoms with Gasteiger partial charge in [-0.25, -0.2) is 14.4 Å². The van der Waals surface area contributed by atoms with Gasteiger partial charge in [-0.1, -0.05) is 24.3 Å². The van der Waals surface area contributed by atoms with Crippen LogP contribution in [0.5, 0.6) is 0 Å². The summed E-state index contributed by atoms with van der Waals surface area (Å²) >= 11 is 3.37. The van der Waals surface area contributed by atoms with E-state index in [1.165, 1.54) is 34.9 Å². The summed E-state index contributed by atoms with van der Waals surface area (Å²) in [5.41, 5.74) is 2.02. The van der Waals surface area contributed by atoms with Crippen LogP contribution in [0.15, 0.2) is 81.1 Å². The fourth-order valence-corrected chi connectivity index (χ4v) is 3.72. The van der Waals surface area contributed by atoms with Crippen LogP contribution in [0.2, 0.25) is 0 Å². The third-order valence-electron chi connectivity index (χ3n) is 5.08. The Kier molecular flexibility index (Phi) is 6.24. The van der Waals surface area contributed by atoms with Gasteiger partial charge in [-0.2, -0.15) is 5.26 Å². The molecule has 4 aromatic rings. The standard InChI is InChI=1S/C25H16BrFN4O2/c1-15(18-6-8-21(27)9-7-18)30-24(32)22-11-19-10-20(26)13-29-23(19)31(25(22)33)14-17-4-2-16(12-28)3-5-17/h2-11,13H,14H2,1H3. The Balaban J connectivity index is 1.81. The lowest BCUT2D eigenvalue weighted by molar-refractivity contribution is 0.100. The summed E-state index contributed by atoms with van der Waals surface area (Å²) in [4.78, 5) is 34.8. The van der Waals surface area contributed by atoms with Gasteiger partial charge < -0.3 is 0 Å². The minimum Gasteiger partial charge on any atom is -0.288 e. The first-order valence-corrected chi connectivity index (χ1v) is 10.7. The van der Waals surface area contributed by atoms with E-state index in [4.69, 9.17) is 5.26 Å². The molecule has 0 spiro atoms. The lowest BCUT2D eigenvalue weighted by Crippen LogP contribution is -2.27. The fourth-order valence-electron chi connectivity index (χ4n) is 3.37. The van der Waals surface area contributed by atoms with E-state index in [9.17, 15) is 14.0 Å². The van der Waals surface area contributed by atoms with E-state index in [2.05, 4.69) is 32.0 Å². The molecule has 4 rings (SSSR count). The molecule has 2 aromatic heterocycles. The number of benzene rings is 2. The number of aromatic nitrogens is 2. The molecule has 2 aromatic carbocycles. The first-order valence-electron chi connectivity index (χ1n) is 9.89. The van der Waals surface area contributed by atoms with Crippen LogP contribution in [0.1, 0.15) is 34.0 Å². The number of aliphatic imine (C=N–C) groups is 1. The van der Waals surface area contributed by atoms with Gasteiger partial charge in [-0.3, -0.25) is 14.2 Å². The van der Waals surface area contributed by atoms with Gasteiger partial charge in [-0.15, -0.1) is 0 Å². The van der Waals surface area contributed by atoms with Crippen LogP contribution >= 0.6 is 15.9 Å². The molecular weight excluding hydrogens is 487 g/mol. The molecule has 0 aliphatic rings. The highest BCUT2D eigenvalue weighted by molar-refractivity contribution is 9.10. The van der Waals surface area contributed by atoms with Gasteiger partial charge in [0, 0.05) is 21.8 Å². The van der Waals surface area contributed by atoms with Gasteiger partial charge in [0.25, 0.3) is 11.5 Å². The van der Waals surface area contributed by atoms with E-state index in [0.717, 1.165) is 5.56 Å². The molecule has 6 nitrogen and oxygen atoms in total. The first-order chi connectivity index (χ1) is 15.9. The molecule has 0 aliphatic heterocycles. The molecule has 162 valence electrons. The molecule has 0 unspecified atom stereocenters. The molecule has 0 N–H and O–H groups in total. The van der Waals surface area contributed by atoms with Crippen molar-refractivity contribution in [1.29, 1.82) is 5.26 Å². The minimum absolute atomic E-state index is 0.0995. The average molecular weight is 503 g/mol. The number of carbonyl (C=O) groups is 1. The van der Waals surface area contributed by atoms with Crippen LogP contribution in [0, 0.1) is 17.1 Å². The van der Waals surface area contributed by atoms with E-state index in [-0.39, 0.29) is 12.1 Å². The number of nitriles is 1. The number of nitrogens with zero attached hydrogens (tertiary/aromatic N) is 4. The zero-order valence-electron chi connectivity index (χ0n) is 17.4. The largest absolute Gasteiger partial charge is 0.288 e. The van der Waals surface area contributed by atoms with Crippen LogP contribution in [-0.4, -0.2) is 21.2 Å². The smallest absolute Gasteiger partial charge is 0.282 e. The quantitative estimate of drug-likeness (QED) is 0.372. The highest BCUT2D eigenvalue weighted by atomic mass is 79.9. The third kappa shape index (κ3) is 4.78. The minimum atomic E-state index is -0.697. The third-order valence-corrected chi connectivity index (χ3v) is 5.51. The number of fused-ring (bicyclic) bond motifs is 1. The van der Waals surface area contributed by atoms with Gasteiger partial charge in [0.2, 0.25) is 0 Å². The zero-order valence-corrected chi connectivity index (χ0v) is 19.0. The molecule has 0 saturated heterocycles. The Morgan fingerprint density at radius 1 is 1.15 bits per heavy atom. The van der Waals surface area contributed by atoms with Crippen LogP contribution in [0.3, 0.4) is 0 Å². The second-order valence-corrected chi connectivity index (χ2v) is 8.25. The summed E-state index contributed by atoms with van der Waals surface area (Å²) in [5, 5.41) is 9.60.